The SMILES string of the molecule is C=CC/C(=C/C[C@@H](O)C(C)=O)C(F)(F)F. The Morgan fingerprint density at radius 2 is 2.07 bits per heavy atom. The van der Waals surface area contributed by atoms with Gasteiger partial charge in [-0.05, 0) is 19.8 Å². The predicted octanol–water partition coefficient (Wildman–Crippen LogP) is 2.39. The lowest BCUT2D eigenvalue weighted by molar-refractivity contribution is -0.124. The largest absolute Gasteiger partial charge is 0.412 e. The van der Waals surface area contributed by atoms with Crippen LogP contribution >= 0.6 is 0 Å². The Hall–Kier alpha value is -1.10. The highest BCUT2D eigenvalue weighted by molar-refractivity contribution is 5.80. The van der Waals surface area contributed by atoms with Gasteiger partial charge >= 0.3 is 6.18 Å². The van der Waals surface area contributed by atoms with E-state index in [0.717, 1.165) is 19.1 Å². The number of ketones is 1. The van der Waals surface area contributed by atoms with Crippen LogP contribution in [0.25, 0.3) is 0 Å². The molecule has 0 aromatic heterocycles. The van der Waals surface area contributed by atoms with Crippen LogP contribution in [0.5, 0.6) is 0 Å². The van der Waals surface area contributed by atoms with Gasteiger partial charge in [-0.1, -0.05) is 12.2 Å². The fourth-order valence-electron chi connectivity index (χ4n) is 0.890. The third-order valence-electron chi connectivity index (χ3n) is 1.79. The first-order valence-corrected chi connectivity index (χ1v) is 4.34. The van der Waals surface area contributed by atoms with E-state index in [1.807, 2.05) is 0 Å². The van der Waals surface area contributed by atoms with Gasteiger partial charge in [-0.15, -0.1) is 6.58 Å². The van der Waals surface area contributed by atoms with E-state index in [1.165, 1.54) is 0 Å². The Balaban J connectivity index is 4.56. The smallest absolute Gasteiger partial charge is 0.385 e. The van der Waals surface area contributed by atoms with Crippen molar-refractivity contribution in [2.75, 3.05) is 0 Å². The van der Waals surface area contributed by atoms with Crippen LogP contribution in [0.4, 0.5) is 13.2 Å². The summed E-state index contributed by atoms with van der Waals surface area (Å²) in [6.07, 6.45) is -4.50. The van der Waals surface area contributed by atoms with Crippen molar-refractivity contribution in [1.29, 1.82) is 0 Å². The summed E-state index contributed by atoms with van der Waals surface area (Å²) >= 11 is 0. The molecule has 0 heterocycles. The molecule has 1 atom stereocenters. The van der Waals surface area contributed by atoms with Gasteiger partial charge in [0.15, 0.2) is 5.78 Å². The summed E-state index contributed by atoms with van der Waals surface area (Å²) in [5.41, 5.74) is -0.794. The first-order valence-electron chi connectivity index (χ1n) is 4.34. The van der Waals surface area contributed by atoms with Crippen LogP contribution in [-0.4, -0.2) is 23.2 Å². The minimum atomic E-state index is -4.44. The first kappa shape index (κ1) is 13.9. The third-order valence-corrected chi connectivity index (χ3v) is 1.79. The van der Waals surface area contributed by atoms with Crippen molar-refractivity contribution in [1.82, 2.24) is 0 Å². The Labute approximate surface area is 86.1 Å². The Kier molecular flexibility index (Phi) is 5.28. The van der Waals surface area contributed by atoms with Crippen molar-refractivity contribution in [3.63, 3.8) is 0 Å². The summed E-state index contributed by atoms with van der Waals surface area (Å²) in [7, 11) is 0. The molecular formula is C10H13F3O2. The number of hydrogen-bond donors (Lipinski definition) is 1. The molecule has 0 amide bonds. The van der Waals surface area contributed by atoms with Crippen molar-refractivity contribution >= 4 is 5.78 Å². The molecule has 0 aliphatic carbocycles. The minimum absolute atomic E-state index is 0.321. The lowest BCUT2D eigenvalue weighted by Crippen LogP contribution is -2.17. The van der Waals surface area contributed by atoms with Gasteiger partial charge < -0.3 is 5.11 Å². The molecule has 0 saturated carbocycles. The number of allylic oxidation sites excluding steroid dienone is 2. The molecule has 0 spiro atoms. The standard InChI is InChI=1S/C10H13F3O2/c1-3-4-8(10(11,12)13)5-6-9(15)7(2)14/h3,5,9,15H,1,4,6H2,2H3/b8-5-/t9-/m1/s1. The van der Waals surface area contributed by atoms with Gasteiger partial charge in [-0.2, -0.15) is 13.2 Å². The molecule has 0 unspecified atom stereocenters. The van der Waals surface area contributed by atoms with Crippen LogP contribution < -0.4 is 0 Å². The number of carbonyl (C=O) groups is 1. The summed E-state index contributed by atoms with van der Waals surface area (Å²) < 4.78 is 36.8. The normalized spacial score (nSPS) is 14.9. The first-order chi connectivity index (χ1) is 6.79. The lowest BCUT2D eigenvalue weighted by Gasteiger charge is -2.10. The highest BCUT2D eigenvalue weighted by Gasteiger charge is 2.32. The Morgan fingerprint density at radius 1 is 1.53 bits per heavy atom. The molecule has 0 aliphatic rings. The number of carbonyl (C=O) groups excluding carboxylic acids is 1. The highest BCUT2D eigenvalue weighted by atomic mass is 19.4. The number of alkyl halides is 3. The molecule has 0 fully saturated rings. The van der Waals surface area contributed by atoms with E-state index in [-0.39, 0.29) is 12.8 Å². The van der Waals surface area contributed by atoms with Crippen molar-refractivity contribution < 1.29 is 23.1 Å². The van der Waals surface area contributed by atoms with E-state index in [0.29, 0.717) is 0 Å². The predicted molar refractivity (Wildman–Crippen MR) is 50.3 cm³/mol. The van der Waals surface area contributed by atoms with Crippen molar-refractivity contribution in [2.24, 2.45) is 0 Å². The zero-order valence-electron chi connectivity index (χ0n) is 8.34. The summed E-state index contributed by atoms with van der Waals surface area (Å²) in [6.45, 7) is 4.33. The van der Waals surface area contributed by atoms with Gasteiger partial charge in [-0.25, -0.2) is 0 Å². The number of hydrogen-bond acceptors (Lipinski definition) is 2. The summed E-state index contributed by atoms with van der Waals surface area (Å²) in [5.74, 6) is -0.550. The van der Waals surface area contributed by atoms with Gasteiger partial charge in [-0.3, -0.25) is 4.79 Å². The van der Waals surface area contributed by atoms with E-state index >= 15 is 0 Å². The van der Waals surface area contributed by atoms with E-state index in [1.54, 1.807) is 0 Å². The second kappa shape index (κ2) is 5.70. The number of rotatable bonds is 5. The maximum Gasteiger partial charge on any atom is 0.412 e. The molecule has 0 saturated heterocycles. The quantitative estimate of drug-likeness (QED) is 0.725. The van der Waals surface area contributed by atoms with Crippen LogP contribution in [-0.2, 0) is 4.79 Å². The zero-order valence-corrected chi connectivity index (χ0v) is 8.34. The fourth-order valence-corrected chi connectivity index (χ4v) is 0.890. The average Bonchev–Trinajstić information content (AvgIpc) is 2.09. The van der Waals surface area contributed by atoms with Gasteiger partial charge in [0.1, 0.15) is 6.10 Å². The molecular weight excluding hydrogens is 209 g/mol. The average molecular weight is 222 g/mol. The van der Waals surface area contributed by atoms with Crippen LogP contribution in [0.2, 0.25) is 0 Å². The summed E-state index contributed by atoms with van der Waals surface area (Å²) in [4.78, 5) is 10.6. The van der Waals surface area contributed by atoms with Crippen LogP contribution in [0, 0.1) is 0 Å². The number of aliphatic hydroxyl groups excluding tert-OH is 1. The molecule has 86 valence electrons. The molecule has 0 rings (SSSR count). The van der Waals surface area contributed by atoms with Crippen molar-refractivity contribution in [3.05, 3.63) is 24.3 Å². The molecule has 0 radical (unpaired) electrons. The van der Waals surface area contributed by atoms with Gasteiger partial charge in [0.2, 0.25) is 0 Å². The van der Waals surface area contributed by atoms with Gasteiger partial charge in [0.25, 0.3) is 0 Å². The zero-order chi connectivity index (χ0) is 12.1. The second-order valence-corrected chi connectivity index (χ2v) is 3.08. The monoisotopic (exact) mass is 222 g/mol. The third kappa shape index (κ3) is 5.37. The Bertz CT molecular complexity index is 266. The molecule has 15 heavy (non-hydrogen) atoms. The number of Topliss-reactive ketones (excluding diaryl/α,β-unsaturated/α-hetero) is 1. The molecule has 1 N–H and O–H groups in total. The van der Waals surface area contributed by atoms with Crippen LogP contribution in [0.3, 0.4) is 0 Å². The minimum Gasteiger partial charge on any atom is -0.385 e. The maximum absolute atomic E-state index is 12.3. The maximum atomic E-state index is 12.3. The van der Waals surface area contributed by atoms with E-state index in [2.05, 4.69) is 6.58 Å². The topological polar surface area (TPSA) is 37.3 Å². The van der Waals surface area contributed by atoms with Gasteiger partial charge in [0, 0.05) is 5.57 Å². The second-order valence-electron chi connectivity index (χ2n) is 3.08. The van der Waals surface area contributed by atoms with Crippen molar-refractivity contribution in [3.8, 4) is 0 Å². The van der Waals surface area contributed by atoms with Crippen molar-refractivity contribution in [2.45, 2.75) is 32.0 Å². The molecule has 0 aliphatic heterocycles. The van der Waals surface area contributed by atoms with E-state index < -0.39 is 23.6 Å². The fraction of sp³-hybridized carbons (Fsp3) is 0.500. The highest BCUT2D eigenvalue weighted by Crippen LogP contribution is 2.28. The number of aliphatic hydroxyl groups is 1. The molecule has 5 heteroatoms. The van der Waals surface area contributed by atoms with Crippen LogP contribution in [0.15, 0.2) is 24.3 Å². The summed E-state index contributed by atoms with van der Waals surface area (Å²) in [6, 6.07) is 0. The molecule has 0 aromatic carbocycles. The van der Waals surface area contributed by atoms with E-state index in [4.69, 9.17) is 5.11 Å². The Morgan fingerprint density at radius 3 is 2.40 bits per heavy atom. The van der Waals surface area contributed by atoms with Gasteiger partial charge in [0.05, 0.1) is 0 Å². The molecule has 0 bridgehead atoms. The van der Waals surface area contributed by atoms with E-state index in [9.17, 15) is 18.0 Å². The molecule has 2 nitrogen and oxygen atoms in total. The lowest BCUT2D eigenvalue weighted by atomic mass is 10.1. The van der Waals surface area contributed by atoms with Crippen LogP contribution in [0.1, 0.15) is 19.8 Å². The number of halogens is 3. The molecule has 0 aromatic rings. The summed E-state index contributed by atoms with van der Waals surface area (Å²) in [5, 5.41) is 9.02.